The van der Waals surface area contributed by atoms with E-state index in [2.05, 4.69) is 39.6 Å². The number of carbonyl (C=O) groups is 1. The second-order valence-corrected chi connectivity index (χ2v) is 11.4. The fourth-order valence-electron chi connectivity index (χ4n) is 6.09. The van der Waals surface area contributed by atoms with Gasteiger partial charge in [0, 0.05) is 41.5 Å². The molecule has 3 aromatic rings. The summed E-state index contributed by atoms with van der Waals surface area (Å²) < 4.78 is 39.8. The fourth-order valence-corrected chi connectivity index (χ4v) is 6.09. The Morgan fingerprint density at radius 2 is 1.86 bits per heavy atom. The molecular weight excluding hydrogens is 551 g/mol. The maximum atomic E-state index is 13.3. The van der Waals surface area contributed by atoms with E-state index < -0.39 is 17.8 Å². The summed E-state index contributed by atoms with van der Waals surface area (Å²) in [6.45, 7) is 6.85. The molecule has 0 spiro atoms. The van der Waals surface area contributed by atoms with Gasteiger partial charge in [0.05, 0.1) is 5.56 Å². The zero-order chi connectivity index (χ0) is 30.6. The quantitative estimate of drug-likeness (QED) is 0.169. The number of benzene rings is 2. The first-order chi connectivity index (χ1) is 20.7. The maximum absolute atomic E-state index is 13.3. The summed E-state index contributed by atoms with van der Waals surface area (Å²) in [5.74, 6) is 0.958. The first kappa shape index (κ1) is 30.5. The Hall–Kier alpha value is -3.98. The van der Waals surface area contributed by atoms with Crippen LogP contribution in [-0.2, 0) is 17.4 Å². The third-order valence-electron chi connectivity index (χ3n) is 8.51. The van der Waals surface area contributed by atoms with E-state index in [1.165, 1.54) is 11.6 Å². The summed E-state index contributed by atoms with van der Waals surface area (Å²) in [7, 11) is 0. The van der Waals surface area contributed by atoms with E-state index in [4.69, 9.17) is 5.41 Å². The van der Waals surface area contributed by atoms with Crippen molar-refractivity contribution in [1.82, 2.24) is 15.2 Å². The Labute approximate surface area is 250 Å². The molecule has 226 valence electrons. The molecule has 0 saturated carbocycles. The summed E-state index contributed by atoms with van der Waals surface area (Å²) >= 11 is 0. The molecule has 3 heterocycles. The number of aldehydes is 1. The molecule has 1 saturated heterocycles. The summed E-state index contributed by atoms with van der Waals surface area (Å²) in [5.41, 5.74) is 5.49. The number of alkyl halides is 3. The summed E-state index contributed by atoms with van der Waals surface area (Å²) in [6, 6.07) is 13.0. The van der Waals surface area contributed by atoms with Crippen LogP contribution in [0.5, 0.6) is 0 Å². The second kappa shape index (κ2) is 13.1. The Kier molecular flexibility index (Phi) is 9.30. The number of fused-ring (bicyclic) bond motifs is 1. The molecule has 0 bridgehead atoms. The number of carbonyl (C=O) groups excluding carboxylic acids is 1. The van der Waals surface area contributed by atoms with Crippen LogP contribution in [0.1, 0.15) is 72.0 Å². The number of piperidine rings is 1. The lowest BCUT2D eigenvalue weighted by Crippen LogP contribution is -2.37. The van der Waals surface area contributed by atoms with Gasteiger partial charge < -0.3 is 25.7 Å². The van der Waals surface area contributed by atoms with Gasteiger partial charge in [-0.1, -0.05) is 31.5 Å². The highest BCUT2D eigenvalue weighted by Crippen LogP contribution is 2.39. The monoisotopic (exact) mass is 589 g/mol. The van der Waals surface area contributed by atoms with Crippen LogP contribution < -0.4 is 10.6 Å². The van der Waals surface area contributed by atoms with E-state index in [0.717, 1.165) is 87.1 Å². The molecule has 2 aliphatic heterocycles. The molecule has 1 aromatic heterocycles. The SMILES string of the molecule is CCCC(=N)C1CCN(CCc2ccc(Nc3nccc4c3C(C=O)NC=C4c3ccc(C(F)(F)F)cc3C)cc2)CC1. The molecule has 1 atom stereocenters. The highest BCUT2D eigenvalue weighted by atomic mass is 19.4. The lowest BCUT2D eigenvalue weighted by molar-refractivity contribution is -0.137. The molecule has 3 N–H and O–H groups in total. The van der Waals surface area contributed by atoms with Gasteiger partial charge in [-0.25, -0.2) is 4.98 Å². The Balaban J connectivity index is 1.27. The predicted octanol–water partition coefficient (Wildman–Crippen LogP) is 7.46. The molecule has 2 aromatic carbocycles. The van der Waals surface area contributed by atoms with E-state index in [-0.39, 0.29) is 0 Å². The molecule has 43 heavy (non-hydrogen) atoms. The van der Waals surface area contributed by atoms with Crippen LogP contribution in [0.3, 0.4) is 0 Å². The molecule has 2 aliphatic rings. The van der Waals surface area contributed by atoms with Gasteiger partial charge in [-0.3, -0.25) is 0 Å². The van der Waals surface area contributed by atoms with Gasteiger partial charge in [-0.2, -0.15) is 13.2 Å². The number of anilines is 2. The lowest BCUT2D eigenvalue weighted by Gasteiger charge is -2.32. The van der Waals surface area contributed by atoms with Gasteiger partial charge >= 0.3 is 6.18 Å². The molecule has 9 heteroatoms. The van der Waals surface area contributed by atoms with Crippen LogP contribution in [0, 0.1) is 18.3 Å². The topological polar surface area (TPSA) is 81.1 Å². The van der Waals surface area contributed by atoms with Gasteiger partial charge in [0.15, 0.2) is 0 Å². The number of rotatable bonds is 10. The summed E-state index contributed by atoms with van der Waals surface area (Å²) in [4.78, 5) is 19.0. The standard InChI is InChI=1S/C34H38F3N5O/c1-3-4-30(38)24-13-17-42(18-14-24)16-12-23-5-8-26(9-6-23)41-33-32-28(11-15-39-33)29(20-40-31(32)21-43)27-10-7-25(19-22(27)2)34(35,36)37/h5-11,15,19-21,24,31,38,40H,3-4,12-14,16-18H2,1-2H3,(H,39,41). The van der Waals surface area contributed by atoms with Crippen molar-refractivity contribution in [3.8, 4) is 0 Å². The Bertz CT molecular complexity index is 1490. The average Bonchev–Trinajstić information content (AvgIpc) is 3.00. The van der Waals surface area contributed by atoms with Crippen LogP contribution >= 0.6 is 0 Å². The number of nitrogens with zero attached hydrogens (tertiary/aromatic N) is 2. The Morgan fingerprint density at radius 3 is 2.51 bits per heavy atom. The number of hydrogen-bond donors (Lipinski definition) is 3. The van der Waals surface area contributed by atoms with Gasteiger partial charge in [-0.05, 0) is 104 Å². The number of halogens is 3. The molecule has 0 amide bonds. The number of likely N-dealkylation sites (tertiary alicyclic amines) is 1. The number of nitrogens with one attached hydrogen (secondary N) is 3. The molecule has 0 radical (unpaired) electrons. The Morgan fingerprint density at radius 1 is 1.12 bits per heavy atom. The molecule has 1 unspecified atom stereocenters. The van der Waals surface area contributed by atoms with Crippen LogP contribution in [0.15, 0.2) is 60.9 Å². The van der Waals surface area contributed by atoms with Gasteiger partial charge in [0.25, 0.3) is 0 Å². The molecule has 5 rings (SSSR count). The number of aromatic nitrogens is 1. The third kappa shape index (κ3) is 6.99. The number of aryl methyl sites for hydroxylation is 1. The van der Waals surface area contributed by atoms with Gasteiger partial charge in [-0.15, -0.1) is 0 Å². The van der Waals surface area contributed by atoms with Gasteiger partial charge in [0.2, 0.25) is 0 Å². The minimum Gasteiger partial charge on any atom is -0.377 e. The normalized spacial score (nSPS) is 17.5. The molecule has 0 aliphatic carbocycles. The van der Waals surface area contributed by atoms with Crippen LogP contribution in [0.4, 0.5) is 24.7 Å². The minimum absolute atomic E-state index is 0.443. The van der Waals surface area contributed by atoms with Crippen LogP contribution in [-0.4, -0.2) is 41.5 Å². The fraction of sp³-hybridized carbons (Fsp3) is 0.382. The second-order valence-electron chi connectivity index (χ2n) is 11.4. The summed E-state index contributed by atoms with van der Waals surface area (Å²) in [6.07, 6.45) is 4.75. The van der Waals surface area contributed by atoms with E-state index >= 15 is 0 Å². The number of hydrogen-bond acceptors (Lipinski definition) is 6. The maximum Gasteiger partial charge on any atom is 0.416 e. The summed E-state index contributed by atoms with van der Waals surface area (Å²) in [5, 5.41) is 14.7. The van der Waals surface area contributed by atoms with E-state index in [9.17, 15) is 18.0 Å². The van der Waals surface area contributed by atoms with Crippen molar-refractivity contribution in [3.63, 3.8) is 0 Å². The van der Waals surface area contributed by atoms with Crippen molar-refractivity contribution in [2.45, 2.75) is 58.2 Å². The average molecular weight is 590 g/mol. The van der Waals surface area contributed by atoms with Crippen molar-refractivity contribution in [1.29, 1.82) is 5.41 Å². The van der Waals surface area contributed by atoms with Crippen molar-refractivity contribution in [3.05, 3.63) is 94.3 Å². The highest BCUT2D eigenvalue weighted by molar-refractivity contribution is 5.89. The van der Waals surface area contributed by atoms with Crippen molar-refractivity contribution >= 4 is 29.1 Å². The van der Waals surface area contributed by atoms with Crippen molar-refractivity contribution in [2.75, 3.05) is 25.0 Å². The number of pyridine rings is 1. The van der Waals surface area contributed by atoms with E-state index in [0.29, 0.717) is 34.0 Å². The highest BCUT2D eigenvalue weighted by Gasteiger charge is 2.32. The van der Waals surface area contributed by atoms with Crippen molar-refractivity contribution < 1.29 is 18.0 Å². The van der Waals surface area contributed by atoms with Crippen LogP contribution in [0.25, 0.3) is 5.57 Å². The van der Waals surface area contributed by atoms with Crippen LogP contribution in [0.2, 0.25) is 0 Å². The largest absolute Gasteiger partial charge is 0.416 e. The molecule has 6 nitrogen and oxygen atoms in total. The lowest BCUT2D eigenvalue weighted by atomic mass is 9.87. The zero-order valence-electron chi connectivity index (χ0n) is 24.6. The van der Waals surface area contributed by atoms with E-state index in [1.807, 2.05) is 12.1 Å². The third-order valence-corrected chi connectivity index (χ3v) is 8.51. The zero-order valence-corrected chi connectivity index (χ0v) is 24.6. The molecule has 1 fully saturated rings. The minimum atomic E-state index is -4.42. The smallest absolute Gasteiger partial charge is 0.377 e. The van der Waals surface area contributed by atoms with Crippen molar-refractivity contribution in [2.24, 2.45) is 5.92 Å². The first-order valence-corrected chi connectivity index (χ1v) is 14.9. The predicted molar refractivity (Wildman–Crippen MR) is 165 cm³/mol. The molecular formula is C34H38F3N5O. The first-order valence-electron chi connectivity index (χ1n) is 14.9. The van der Waals surface area contributed by atoms with Gasteiger partial charge in [0.1, 0.15) is 18.1 Å². The van der Waals surface area contributed by atoms with E-state index in [1.54, 1.807) is 25.4 Å².